The van der Waals surface area contributed by atoms with E-state index in [1.807, 2.05) is 56.3 Å². The van der Waals surface area contributed by atoms with Crippen LogP contribution in [0.1, 0.15) is 83.9 Å². The highest BCUT2D eigenvalue weighted by Gasteiger charge is 2.55. The average Bonchev–Trinajstić information content (AvgIpc) is 0.763. The number of hydrogen-bond acceptors (Lipinski definition) is 14. The van der Waals surface area contributed by atoms with Crippen molar-refractivity contribution >= 4 is 78.7 Å². The van der Waals surface area contributed by atoms with E-state index in [1.54, 1.807) is 42.5 Å². The second-order valence-corrected chi connectivity index (χ2v) is 31.7. The minimum atomic E-state index is -4.02. The summed E-state index contributed by atoms with van der Waals surface area (Å²) in [4.78, 5) is 25.6. The molecule has 598 valence electrons. The molecule has 4 atom stereocenters. The van der Waals surface area contributed by atoms with E-state index in [-0.39, 0.29) is 125 Å². The molecular formula is C86H80Cl4F8O14S. The SMILES string of the molecule is C=CCC(C(=O)OC)(C(=O)OC)C1=C(Cc2ccc(Cl)cc2)c2c(F)ccc(F)c2OC1.C=CCC(CO)(CO)C1COc2c(F)ccc(F)c2C1Cc1ccc(Cl)cc1.C=CCC1(C2COc3c(F)ccc(F)c3C2Cc2ccc(Cl)cc2)COC(C)(C)OC1.O=S(=O)(C1=CCOc2c(F)ccc(F)c21)c1ccc(Cl)cc1. The monoisotopic (exact) mass is 1660 g/mol. The lowest BCUT2D eigenvalue weighted by molar-refractivity contribution is -0.296. The first kappa shape index (κ1) is 86.4. The predicted octanol–water partition coefficient (Wildman–Crippen LogP) is 19.5. The number of carbonyl (C=O) groups is 2. The smallest absolute Gasteiger partial charge is 0.327 e. The Labute approximate surface area is 669 Å². The Morgan fingerprint density at radius 2 is 0.956 bits per heavy atom. The standard InChI is InChI=1S/C25H27ClF2O3.C24H21ClF2O5.C22H23ClF2O3.C15H9ClF2O3S/c1-4-11-25(14-30-24(2,3)31-15-25)19-13-29-23-21(28)10-9-20(27)22(23)18(19)12-16-5-7-17(26)8-6-16;1-4-11-24(22(28)30-2,23(29)31-3)17-13-32-21-19(27)10-9-18(26)20(21)16(17)12-14-5-7-15(25)8-6-14;1-2-9-22(12-26,13-27)17-11-28-21-19(25)8-7-18(24)20(21)16(17)10-14-3-5-15(23)6-4-14;16-9-1-3-10(4-2-9)22(19,20)13-7-8-21-15-12(18)6-5-11(17)14(13)15/h4-10,18-19H,1,11-15H2,2-3H3;4-10H,1,11-13H2,2-3H3;2-8,16-17,26-27H,1,9-13H2;1-7H,8H2. The zero-order valence-electron chi connectivity index (χ0n) is 61.7. The van der Waals surface area contributed by atoms with Crippen molar-refractivity contribution in [2.45, 2.75) is 74.9 Å². The van der Waals surface area contributed by atoms with Gasteiger partial charge in [0.1, 0.15) is 36.5 Å². The van der Waals surface area contributed by atoms with E-state index in [1.165, 1.54) is 42.5 Å². The molecule has 0 bridgehead atoms. The van der Waals surface area contributed by atoms with E-state index in [0.29, 0.717) is 64.6 Å². The molecule has 113 heavy (non-hydrogen) atoms. The van der Waals surface area contributed by atoms with Crippen LogP contribution in [0.4, 0.5) is 35.1 Å². The van der Waals surface area contributed by atoms with Crippen LogP contribution in [0.3, 0.4) is 0 Å². The van der Waals surface area contributed by atoms with E-state index in [4.69, 9.17) is 84.3 Å². The molecule has 13 rings (SSSR count). The maximum absolute atomic E-state index is 15.1. The van der Waals surface area contributed by atoms with Gasteiger partial charge in [0.2, 0.25) is 9.84 Å². The summed E-state index contributed by atoms with van der Waals surface area (Å²) in [7, 11) is -1.76. The Hall–Kier alpha value is -9.01. The number of allylic oxidation sites excluding steroid dienone is 4. The molecule has 0 amide bonds. The summed E-state index contributed by atoms with van der Waals surface area (Å²) in [6, 6.07) is 34.9. The molecule has 0 radical (unpaired) electrons. The Balaban J connectivity index is 0.000000161. The van der Waals surface area contributed by atoms with Crippen LogP contribution in [0.15, 0.2) is 200 Å². The number of benzene rings is 8. The van der Waals surface area contributed by atoms with Crippen molar-refractivity contribution in [3.05, 3.63) is 301 Å². The molecule has 1 fully saturated rings. The van der Waals surface area contributed by atoms with Gasteiger partial charge in [-0.3, -0.25) is 9.59 Å². The molecule has 8 aromatic carbocycles. The molecule has 5 aliphatic rings. The molecule has 1 saturated heterocycles. The number of sulfone groups is 1. The van der Waals surface area contributed by atoms with Gasteiger partial charge in [-0.25, -0.2) is 43.5 Å². The van der Waals surface area contributed by atoms with Crippen molar-refractivity contribution in [2.24, 2.45) is 28.1 Å². The van der Waals surface area contributed by atoms with Crippen molar-refractivity contribution in [1.29, 1.82) is 0 Å². The fraction of sp³-hybridized carbons (Fsp3) is 0.302. The van der Waals surface area contributed by atoms with E-state index >= 15 is 8.78 Å². The van der Waals surface area contributed by atoms with Gasteiger partial charge >= 0.3 is 11.9 Å². The van der Waals surface area contributed by atoms with Crippen molar-refractivity contribution in [3.8, 4) is 23.0 Å². The Bertz CT molecular complexity index is 4980. The zero-order chi connectivity index (χ0) is 81.9. The Kier molecular flexibility index (Phi) is 28.3. The lowest BCUT2D eigenvalue weighted by Crippen LogP contribution is -2.54. The lowest BCUT2D eigenvalue weighted by atomic mass is 9.64. The summed E-state index contributed by atoms with van der Waals surface area (Å²) < 4.78 is 185. The third kappa shape index (κ3) is 18.5. The van der Waals surface area contributed by atoms with Gasteiger partial charge in [-0.15, -0.1) is 19.7 Å². The summed E-state index contributed by atoms with van der Waals surface area (Å²) in [6.45, 7) is 15.0. The van der Waals surface area contributed by atoms with Crippen LogP contribution < -0.4 is 18.9 Å². The fourth-order valence-corrected chi connectivity index (χ4v) is 16.9. The third-order valence-electron chi connectivity index (χ3n) is 20.8. The Morgan fingerprint density at radius 3 is 1.43 bits per heavy atom. The second kappa shape index (κ2) is 37.1. The van der Waals surface area contributed by atoms with Gasteiger partial charge in [0, 0.05) is 71.3 Å². The molecule has 4 unspecified atom stereocenters. The number of fused-ring (bicyclic) bond motifs is 4. The van der Waals surface area contributed by atoms with E-state index in [0.717, 1.165) is 67.8 Å². The highest BCUT2D eigenvalue weighted by atomic mass is 35.5. The van der Waals surface area contributed by atoms with Gasteiger partial charge in [-0.2, -0.15) is 0 Å². The maximum Gasteiger partial charge on any atom is 0.327 e. The van der Waals surface area contributed by atoms with Crippen molar-refractivity contribution < 1.29 is 101 Å². The molecule has 14 nitrogen and oxygen atoms in total. The minimum Gasteiger partial charge on any atom is -0.490 e. The van der Waals surface area contributed by atoms with Gasteiger partial charge in [-0.1, -0.05) is 101 Å². The number of methoxy groups -OCH3 is 2. The lowest BCUT2D eigenvalue weighted by Gasteiger charge is -2.51. The van der Waals surface area contributed by atoms with E-state index in [9.17, 15) is 54.6 Å². The van der Waals surface area contributed by atoms with E-state index in [2.05, 4.69) is 19.7 Å². The molecule has 5 aliphatic heterocycles. The average molecular weight is 1660 g/mol. The quantitative estimate of drug-likeness (QED) is 0.0300. The molecule has 0 aromatic heterocycles. The number of aliphatic hydroxyl groups excluding tert-OH is 2. The maximum atomic E-state index is 15.1. The number of esters is 2. The highest BCUT2D eigenvalue weighted by molar-refractivity contribution is 8.00. The molecular weight excluding hydrogens is 1580 g/mol. The number of halogens is 12. The molecule has 0 aliphatic carbocycles. The second-order valence-electron chi connectivity index (χ2n) is 28.0. The van der Waals surface area contributed by atoms with Gasteiger partial charge in [0.15, 0.2) is 57.5 Å². The number of carbonyl (C=O) groups excluding carboxylic acids is 2. The molecule has 8 aromatic rings. The van der Waals surface area contributed by atoms with Crippen LogP contribution in [0, 0.1) is 74.6 Å². The topological polar surface area (TPSA) is 183 Å². The number of ether oxygens (including phenoxy) is 8. The van der Waals surface area contributed by atoms with Crippen LogP contribution >= 0.6 is 46.4 Å². The molecule has 0 spiro atoms. The fourth-order valence-electron chi connectivity index (χ4n) is 14.9. The summed E-state index contributed by atoms with van der Waals surface area (Å²) in [6.07, 6.45) is 7.73. The van der Waals surface area contributed by atoms with Gasteiger partial charge in [0.05, 0.1) is 74.8 Å². The van der Waals surface area contributed by atoms with Crippen molar-refractivity contribution in [3.63, 3.8) is 0 Å². The van der Waals surface area contributed by atoms with Gasteiger partial charge in [-0.05, 0) is 190 Å². The predicted molar refractivity (Wildman–Crippen MR) is 415 cm³/mol. The number of aliphatic hydroxyl groups is 2. The first-order chi connectivity index (χ1) is 53.9. The Morgan fingerprint density at radius 1 is 0.531 bits per heavy atom. The highest BCUT2D eigenvalue weighted by Crippen LogP contribution is 2.54. The van der Waals surface area contributed by atoms with Crippen LogP contribution in [0.25, 0.3) is 10.5 Å². The molecule has 5 heterocycles. The molecule has 27 heteroatoms. The van der Waals surface area contributed by atoms with Gasteiger partial charge < -0.3 is 48.1 Å². The van der Waals surface area contributed by atoms with Crippen molar-refractivity contribution in [1.82, 2.24) is 0 Å². The number of rotatable bonds is 21. The summed E-state index contributed by atoms with van der Waals surface area (Å²) in [5.41, 5.74) is -0.637. The normalized spacial score (nSPS) is 17.8. The van der Waals surface area contributed by atoms with Crippen LogP contribution in [0.2, 0.25) is 20.1 Å². The third-order valence-corrected chi connectivity index (χ3v) is 23.7. The largest absolute Gasteiger partial charge is 0.490 e. The summed E-state index contributed by atoms with van der Waals surface area (Å²) in [5.74, 6) is -10.2. The van der Waals surface area contributed by atoms with E-state index < -0.39 is 108 Å². The van der Waals surface area contributed by atoms with Crippen LogP contribution in [-0.2, 0) is 57.6 Å². The molecule has 0 saturated carbocycles. The van der Waals surface area contributed by atoms with Crippen LogP contribution in [0.5, 0.6) is 23.0 Å². The number of hydrogen-bond donors (Lipinski definition) is 2. The van der Waals surface area contributed by atoms with Crippen LogP contribution in [-0.4, -0.2) is 103 Å². The molecule has 2 N–H and O–H groups in total. The first-order valence-electron chi connectivity index (χ1n) is 35.5. The minimum absolute atomic E-state index is 0.00180. The first-order valence-corrected chi connectivity index (χ1v) is 38.5. The zero-order valence-corrected chi connectivity index (χ0v) is 65.6. The van der Waals surface area contributed by atoms with Crippen molar-refractivity contribution in [2.75, 3.05) is 67.1 Å². The summed E-state index contributed by atoms with van der Waals surface area (Å²) in [5, 5.41) is 22.3. The summed E-state index contributed by atoms with van der Waals surface area (Å²) >= 11 is 23.7. The van der Waals surface area contributed by atoms with Gasteiger partial charge in [0.25, 0.3) is 0 Å².